The van der Waals surface area contributed by atoms with Gasteiger partial charge < -0.3 is 14.4 Å². The topological polar surface area (TPSA) is 37.0 Å². The van der Waals surface area contributed by atoms with Gasteiger partial charge in [-0.1, -0.05) is 41.9 Å². The second-order valence-corrected chi connectivity index (χ2v) is 6.25. The molecule has 132 valence electrons. The van der Waals surface area contributed by atoms with Crippen molar-refractivity contribution in [2.24, 2.45) is 0 Å². The smallest absolute Gasteiger partial charge is 0.222 e. The Kier molecular flexibility index (Phi) is 5.68. The van der Waals surface area contributed by atoms with E-state index in [1.807, 2.05) is 42.6 Å². The predicted octanol–water partition coefficient (Wildman–Crippen LogP) is 3.72. The number of nitrogens with one attached hydrogen (secondary N) is 1. The minimum Gasteiger partial charge on any atom is -0.480 e. The Morgan fingerprint density at radius 1 is 1.08 bits per heavy atom. The molecular weight excluding hydrogens is 338 g/mol. The molecule has 2 aromatic rings. The van der Waals surface area contributed by atoms with Crippen molar-refractivity contribution in [3.8, 4) is 0 Å². The van der Waals surface area contributed by atoms with E-state index in [9.17, 15) is 0 Å². The third kappa shape index (κ3) is 4.38. The fraction of sp³-hybridized carbons (Fsp3) is 0.263. The number of methoxy groups -OCH3 is 2. The maximum absolute atomic E-state index is 5.97. The molecule has 0 fully saturated rings. The van der Waals surface area contributed by atoms with Gasteiger partial charge in [0.05, 0.1) is 25.6 Å². The van der Waals surface area contributed by atoms with E-state index in [0.717, 1.165) is 22.8 Å². The minimum atomic E-state index is 0.553. The average Bonchev–Trinajstić information content (AvgIpc) is 2.64. The lowest BCUT2D eigenvalue weighted by Crippen LogP contribution is -2.49. The van der Waals surface area contributed by atoms with Gasteiger partial charge >= 0.3 is 0 Å². The molecule has 0 bridgehead atoms. The number of hydrogen-bond donors (Lipinski definition) is 1. The van der Waals surface area contributed by atoms with E-state index < -0.39 is 0 Å². The molecule has 1 N–H and O–H groups in total. The molecule has 0 atom stereocenters. The highest BCUT2D eigenvalue weighted by Gasteiger charge is 2.20. The molecule has 0 saturated heterocycles. The van der Waals surface area contributed by atoms with Crippen LogP contribution in [0.3, 0.4) is 0 Å². The van der Waals surface area contributed by atoms with E-state index in [4.69, 9.17) is 21.1 Å². The molecule has 1 aliphatic heterocycles. The maximum Gasteiger partial charge on any atom is 0.222 e. The van der Waals surface area contributed by atoms with Crippen molar-refractivity contribution in [1.29, 1.82) is 0 Å². The van der Waals surface area contributed by atoms with Crippen LogP contribution in [0.25, 0.3) is 0 Å². The van der Waals surface area contributed by atoms with Gasteiger partial charge in [-0.25, -0.2) is 0 Å². The molecule has 0 unspecified atom stereocenters. The monoisotopic (exact) mass is 359 g/mol. The Labute approximate surface area is 153 Å². The van der Waals surface area contributed by atoms with Gasteiger partial charge in [0.2, 0.25) is 5.88 Å². The van der Waals surface area contributed by atoms with Crippen LogP contribution in [0, 0.1) is 0 Å². The number of benzene rings is 2. The van der Waals surface area contributed by atoms with Crippen LogP contribution in [0.5, 0.6) is 0 Å². The Morgan fingerprint density at radius 3 is 2.56 bits per heavy atom. The van der Waals surface area contributed by atoms with E-state index in [1.165, 1.54) is 5.56 Å². The Bertz CT molecular complexity index is 734. The number of anilines is 1. The first-order chi connectivity index (χ1) is 12.2. The van der Waals surface area contributed by atoms with Crippen LogP contribution in [0.15, 0.2) is 60.6 Å². The first-order valence-corrected chi connectivity index (χ1v) is 8.42. The van der Waals surface area contributed by atoms with Gasteiger partial charge in [0.15, 0.2) is 0 Å². The fourth-order valence-electron chi connectivity index (χ4n) is 2.79. The summed E-state index contributed by atoms with van der Waals surface area (Å²) in [4.78, 5) is 2.18. The summed E-state index contributed by atoms with van der Waals surface area (Å²) < 4.78 is 10.8. The number of hydrazine groups is 1. The van der Waals surface area contributed by atoms with E-state index in [1.54, 1.807) is 14.2 Å². The van der Waals surface area contributed by atoms with Crippen LogP contribution in [0.1, 0.15) is 11.1 Å². The summed E-state index contributed by atoms with van der Waals surface area (Å²) in [6, 6.07) is 16.1. The normalized spacial score (nSPS) is 14.1. The van der Waals surface area contributed by atoms with Crippen LogP contribution >= 0.6 is 11.6 Å². The summed E-state index contributed by atoms with van der Waals surface area (Å²) in [6.45, 7) is 1.99. The summed E-state index contributed by atoms with van der Waals surface area (Å²) in [7, 11) is 3.36. The van der Waals surface area contributed by atoms with Gasteiger partial charge in [-0.3, -0.25) is 10.4 Å². The van der Waals surface area contributed by atoms with Gasteiger partial charge in [0.1, 0.15) is 6.67 Å². The Hall–Kier alpha value is -2.37. The number of rotatable bonds is 6. The van der Waals surface area contributed by atoms with Gasteiger partial charge in [-0.15, -0.1) is 0 Å². The summed E-state index contributed by atoms with van der Waals surface area (Å²) in [5.74, 6) is 0.687. The molecule has 2 aromatic carbocycles. The number of ether oxygens (including phenoxy) is 2. The molecule has 0 saturated carbocycles. The number of halogens is 1. The van der Waals surface area contributed by atoms with Crippen molar-refractivity contribution in [3.05, 3.63) is 76.8 Å². The van der Waals surface area contributed by atoms with Crippen molar-refractivity contribution in [2.45, 2.75) is 13.2 Å². The Morgan fingerprint density at radius 2 is 1.84 bits per heavy atom. The number of para-hydroxylation sites is 1. The molecule has 3 rings (SSSR count). The molecule has 6 heteroatoms. The second kappa shape index (κ2) is 8.14. The molecule has 1 aliphatic rings. The quantitative estimate of drug-likeness (QED) is 0.850. The van der Waals surface area contributed by atoms with Gasteiger partial charge in [-0.2, -0.15) is 0 Å². The van der Waals surface area contributed by atoms with E-state index in [-0.39, 0.29) is 0 Å². The van der Waals surface area contributed by atoms with E-state index in [0.29, 0.717) is 19.2 Å². The summed E-state index contributed by atoms with van der Waals surface area (Å²) in [6.07, 6.45) is 1.98. The van der Waals surface area contributed by atoms with Crippen molar-refractivity contribution in [2.75, 3.05) is 25.9 Å². The molecule has 0 aliphatic carbocycles. The lowest BCUT2D eigenvalue weighted by molar-refractivity contribution is 0.183. The molecule has 25 heavy (non-hydrogen) atoms. The molecule has 0 radical (unpaired) electrons. The van der Waals surface area contributed by atoms with Crippen LogP contribution in [-0.2, 0) is 22.6 Å². The van der Waals surface area contributed by atoms with Crippen LogP contribution < -0.4 is 10.4 Å². The third-order valence-electron chi connectivity index (χ3n) is 3.97. The molecule has 0 spiro atoms. The maximum atomic E-state index is 5.97. The van der Waals surface area contributed by atoms with Crippen molar-refractivity contribution < 1.29 is 9.47 Å². The molecule has 5 nitrogen and oxygen atoms in total. The number of nitrogens with zero attached hydrogens (tertiary/aromatic N) is 2. The zero-order valence-corrected chi connectivity index (χ0v) is 15.2. The zero-order valence-electron chi connectivity index (χ0n) is 14.4. The van der Waals surface area contributed by atoms with Crippen LogP contribution in [0.4, 0.5) is 5.69 Å². The zero-order chi connectivity index (χ0) is 17.6. The predicted molar refractivity (Wildman–Crippen MR) is 99.7 cm³/mol. The van der Waals surface area contributed by atoms with Crippen LogP contribution in [-0.4, -0.2) is 25.8 Å². The SMILES string of the molecule is COCc1ccccc1N1CN(Cc2ccc(Cl)cc2)C=C(OC)N1. The summed E-state index contributed by atoms with van der Waals surface area (Å²) >= 11 is 5.97. The highest BCUT2D eigenvalue weighted by Crippen LogP contribution is 2.23. The third-order valence-corrected chi connectivity index (χ3v) is 4.22. The van der Waals surface area contributed by atoms with Gasteiger partial charge in [-0.05, 0) is 23.8 Å². The molecule has 0 aromatic heterocycles. The first-order valence-electron chi connectivity index (χ1n) is 8.05. The average molecular weight is 360 g/mol. The minimum absolute atomic E-state index is 0.553. The van der Waals surface area contributed by atoms with Crippen molar-refractivity contribution in [3.63, 3.8) is 0 Å². The standard InChI is InChI=1S/C19H22ClN3O2/c1-24-13-16-5-3-4-6-18(16)23-14-22(12-19(21-23)25-2)11-15-7-9-17(20)10-8-15/h3-10,12,21H,11,13-14H2,1-2H3. The van der Waals surface area contributed by atoms with Crippen molar-refractivity contribution >= 4 is 17.3 Å². The van der Waals surface area contributed by atoms with Gasteiger partial charge in [0.25, 0.3) is 0 Å². The molecule has 1 heterocycles. The second-order valence-electron chi connectivity index (χ2n) is 5.81. The van der Waals surface area contributed by atoms with E-state index >= 15 is 0 Å². The lowest BCUT2D eigenvalue weighted by Gasteiger charge is -2.37. The Balaban J connectivity index is 1.81. The summed E-state index contributed by atoms with van der Waals surface area (Å²) in [5.41, 5.74) is 6.66. The first kappa shape index (κ1) is 17.5. The van der Waals surface area contributed by atoms with Crippen molar-refractivity contribution in [1.82, 2.24) is 10.3 Å². The largest absolute Gasteiger partial charge is 0.480 e. The van der Waals surface area contributed by atoms with Gasteiger partial charge in [0, 0.05) is 24.2 Å². The highest BCUT2D eigenvalue weighted by atomic mass is 35.5. The molecule has 0 amide bonds. The van der Waals surface area contributed by atoms with Crippen LogP contribution in [0.2, 0.25) is 5.02 Å². The lowest BCUT2D eigenvalue weighted by atomic mass is 10.2. The highest BCUT2D eigenvalue weighted by molar-refractivity contribution is 6.30. The number of hydrogen-bond acceptors (Lipinski definition) is 5. The fourth-order valence-corrected chi connectivity index (χ4v) is 2.92. The molecular formula is C19H22ClN3O2. The summed E-state index contributed by atoms with van der Waals surface area (Å²) in [5, 5.41) is 2.80. The van der Waals surface area contributed by atoms with E-state index in [2.05, 4.69) is 27.5 Å².